The molecule has 1 aromatic carbocycles. The van der Waals surface area contributed by atoms with Crippen molar-refractivity contribution in [2.75, 3.05) is 0 Å². The van der Waals surface area contributed by atoms with E-state index in [2.05, 4.69) is 0 Å². The van der Waals surface area contributed by atoms with Crippen molar-refractivity contribution in [1.29, 1.82) is 0 Å². The lowest BCUT2D eigenvalue weighted by Crippen LogP contribution is -2.22. The summed E-state index contributed by atoms with van der Waals surface area (Å²) in [6.45, 7) is -0.374. The Morgan fingerprint density at radius 1 is 1.46 bits per heavy atom. The third kappa shape index (κ3) is 2.55. The summed E-state index contributed by atoms with van der Waals surface area (Å²) in [6, 6.07) is 5.51. The zero-order chi connectivity index (χ0) is 9.84. The summed E-state index contributed by atoms with van der Waals surface area (Å²) in [5.41, 5.74) is 0.311. The molecule has 5 heteroatoms. The Labute approximate surface area is 73.8 Å². The molecular formula is C8H6NO4-. The fraction of sp³-hybridized carbons (Fsp3) is 0.125. The van der Waals surface area contributed by atoms with Crippen LogP contribution in [0.25, 0.3) is 0 Å². The topological polar surface area (TPSA) is 83.3 Å². The normalized spacial score (nSPS) is 9.54. The van der Waals surface area contributed by atoms with Gasteiger partial charge < -0.3 is 9.90 Å². The molecule has 0 bridgehead atoms. The van der Waals surface area contributed by atoms with E-state index in [0.717, 1.165) is 0 Å². The SMILES string of the molecule is O=C([O-])c1cccc(C[N+](=O)[O-])c1. The zero-order valence-corrected chi connectivity index (χ0v) is 6.60. The van der Waals surface area contributed by atoms with Gasteiger partial charge in [-0.3, -0.25) is 10.1 Å². The molecule has 1 rings (SSSR count). The predicted molar refractivity (Wildman–Crippen MR) is 41.5 cm³/mol. The summed E-state index contributed by atoms with van der Waals surface area (Å²) in [7, 11) is 0. The lowest BCUT2D eigenvalue weighted by molar-refractivity contribution is -0.496. The molecular weight excluding hydrogens is 174 g/mol. The number of carboxylic acid groups (broad SMARTS) is 1. The summed E-state index contributed by atoms with van der Waals surface area (Å²) in [5.74, 6) is -1.33. The van der Waals surface area contributed by atoms with Gasteiger partial charge in [0, 0.05) is 10.5 Å². The first-order valence-corrected chi connectivity index (χ1v) is 3.51. The Morgan fingerprint density at radius 2 is 2.15 bits per heavy atom. The van der Waals surface area contributed by atoms with E-state index in [1.165, 1.54) is 24.3 Å². The van der Waals surface area contributed by atoms with Crippen LogP contribution in [0.5, 0.6) is 0 Å². The lowest BCUT2D eigenvalue weighted by atomic mass is 10.1. The van der Waals surface area contributed by atoms with Crippen molar-refractivity contribution >= 4 is 5.97 Å². The summed E-state index contributed by atoms with van der Waals surface area (Å²) >= 11 is 0. The zero-order valence-electron chi connectivity index (χ0n) is 6.60. The van der Waals surface area contributed by atoms with Crippen LogP contribution in [-0.4, -0.2) is 10.9 Å². The van der Waals surface area contributed by atoms with E-state index in [0.29, 0.717) is 5.56 Å². The van der Waals surface area contributed by atoms with Gasteiger partial charge in [0.15, 0.2) is 0 Å². The highest BCUT2D eigenvalue weighted by molar-refractivity contribution is 5.85. The standard InChI is InChI=1S/C8H7NO4/c10-8(11)7-3-1-2-6(4-7)5-9(12)13/h1-4H,5H2,(H,10,11)/p-1. The van der Waals surface area contributed by atoms with Crippen molar-refractivity contribution < 1.29 is 14.8 Å². The van der Waals surface area contributed by atoms with Gasteiger partial charge in [-0.15, -0.1) is 0 Å². The molecule has 0 N–H and O–H groups in total. The van der Waals surface area contributed by atoms with Crippen LogP contribution in [0, 0.1) is 10.1 Å². The second kappa shape index (κ2) is 3.66. The molecule has 0 aliphatic heterocycles. The molecule has 0 heterocycles. The molecule has 68 valence electrons. The van der Waals surface area contributed by atoms with Gasteiger partial charge in [0.25, 0.3) is 0 Å². The van der Waals surface area contributed by atoms with E-state index >= 15 is 0 Å². The van der Waals surface area contributed by atoms with Crippen LogP contribution in [0.15, 0.2) is 24.3 Å². The molecule has 0 unspecified atom stereocenters. The van der Waals surface area contributed by atoms with Crippen LogP contribution in [-0.2, 0) is 6.54 Å². The molecule has 1 aromatic rings. The van der Waals surface area contributed by atoms with Gasteiger partial charge in [-0.25, -0.2) is 0 Å². The second-order valence-electron chi connectivity index (χ2n) is 2.48. The van der Waals surface area contributed by atoms with Crippen molar-refractivity contribution in [3.8, 4) is 0 Å². The lowest BCUT2D eigenvalue weighted by Gasteiger charge is -2.02. The summed E-state index contributed by atoms with van der Waals surface area (Å²) in [5, 5.41) is 20.5. The average molecular weight is 180 g/mol. The molecule has 0 saturated heterocycles. The minimum atomic E-state index is -1.33. The molecule has 0 aliphatic carbocycles. The molecule has 13 heavy (non-hydrogen) atoms. The van der Waals surface area contributed by atoms with Gasteiger partial charge in [0.05, 0.1) is 5.97 Å². The Morgan fingerprint density at radius 3 is 2.69 bits per heavy atom. The Balaban J connectivity index is 2.91. The van der Waals surface area contributed by atoms with E-state index in [9.17, 15) is 20.0 Å². The van der Waals surface area contributed by atoms with E-state index < -0.39 is 10.9 Å². The summed E-state index contributed by atoms with van der Waals surface area (Å²) in [4.78, 5) is 19.9. The van der Waals surface area contributed by atoms with Crippen LogP contribution in [0.4, 0.5) is 0 Å². The summed E-state index contributed by atoms with van der Waals surface area (Å²) in [6.07, 6.45) is 0. The first-order chi connectivity index (χ1) is 6.09. The average Bonchev–Trinajstić information content (AvgIpc) is 2.03. The van der Waals surface area contributed by atoms with E-state index in [1.807, 2.05) is 0 Å². The second-order valence-corrected chi connectivity index (χ2v) is 2.48. The van der Waals surface area contributed by atoms with Crippen LogP contribution in [0.3, 0.4) is 0 Å². The molecule has 0 spiro atoms. The molecule has 0 atom stereocenters. The van der Waals surface area contributed by atoms with Gasteiger partial charge in [0.2, 0.25) is 6.54 Å². The number of carbonyl (C=O) groups excluding carboxylic acids is 1. The smallest absolute Gasteiger partial charge is 0.228 e. The maximum absolute atomic E-state index is 10.4. The number of carbonyl (C=O) groups is 1. The van der Waals surface area contributed by atoms with Gasteiger partial charge >= 0.3 is 0 Å². The maximum Gasteiger partial charge on any atom is 0.228 e. The third-order valence-corrected chi connectivity index (χ3v) is 1.47. The highest BCUT2D eigenvalue weighted by atomic mass is 16.6. The van der Waals surface area contributed by atoms with Crippen molar-refractivity contribution in [1.82, 2.24) is 0 Å². The minimum Gasteiger partial charge on any atom is -0.545 e. The fourth-order valence-corrected chi connectivity index (χ4v) is 0.946. The molecule has 0 amide bonds. The van der Waals surface area contributed by atoms with Gasteiger partial charge in [-0.2, -0.15) is 0 Å². The Hall–Kier alpha value is -1.91. The monoisotopic (exact) mass is 180 g/mol. The number of nitro groups is 1. The first-order valence-electron chi connectivity index (χ1n) is 3.51. The fourth-order valence-electron chi connectivity index (χ4n) is 0.946. The molecule has 0 saturated carbocycles. The minimum absolute atomic E-state index is 0.0423. The Bertz CT molecular complexity index is 348. The number of rotatable bonds is 3. The maximum atomic E-state index is 10.4. The van der Waals surface area contributed by atoms with Gasteiger partial charge in [-0.05, 0) is 11.6 Å². The quantitative estimate of drug-likeness (QED) is 0.477. The number of benzene rings is 1. The van der Waals surface area contributed by atoms with Crippen LogP contribution in [0.2, 0.25) is 0 Å². The third-order valence-electron chi connectivity index (χ3n) is 1.47. The number of carboxylic acids is 1. The molecule has 0 fully saturated rings. The Kier molecular flexibility index (Phi) is 2.59. The van der Waals surface area contributed by atoms with Crippen molar-refractivity contribution in [3.63, 3.8) is 0 Å². The number of hydrogen-bond acceptors (Lipinski definition) is 4. The van der Waals surface area contributed by atoms with Crippen molar-refractivity contribution in [3.05, 3.63) is 45.5 Å². The highest BCUT2D eigenvalue weighted by Crippen LogP contribution is 2.05. The van der Waals surface area contributed by atoms with Crippen molar-refractivity contribution in [2.24, 2.45) is 0 Å². The van der Waals surface area contributed by atoms with Crippen molar-refractivity contribution in [2.45, 2.75) is 6.54 Å². The van der Waals surface area contributed by atoms with Gasteiger partial charge in [0.1, 0.15) is 0 Å². The number of nitrogens with zero attached hydrogens (tertiary/aromatic N) is 1. The van der Waals surface area contributed by atoms with Gasteiger partial charge in [-0.1, -0.05) is 18.2 Å². The largest absolute Gasteiger partial charge is 0.545 e. The van der Waals surface area contributed by atoms with Crippen LogP contribution < -0.4 is 5.11 Å². The molecule has 0 radical (unpaired) electrons. The van der Waals surface area contributed by atoms with E-state index in [-0.39, 0.29) is 12.1 Å². The van der Waals surface area contributed by atoms with Crippen LogP contribution >= 0.6 is 0 Å². The van der Waals surface area contributed by atoms with Crippen LogP contribution in [0.1, 0.15) is 15.9 Å². The molecule has 5 nitrogen and oxygen atoms in total. The highest BCUT2D eigenvalue weighted by Gasteiger charge is 2.02. The number of aromatic carboxylic acids is 1. The summed E-state index contributed by atoms with van der Waals surface area (Å²) < 4.78 is 0. The molecule has 0 aliphatic rings. The van der Waals surface area contributed by atoms with E-state index in [1.54, 1.807) is 0 Å². The molecule has 0 aromatic heterocycles. The van der Waals surface area contributed by atoms with E-state index in [4.69, 9.17) is 0 Å². The predicted octanol–water partition coefficient (Wildman–Crippen LogP) is -0.173. The first kappa shape index (κ1) is 9.18. The number of hydrogen-bond donors (Lipinski definition) is 0.